The van der Waals surface area contributed by atoms with E-state index in [9.17, 15) is 25.9 Å². The minimum absolute atomic E-state index is 0. The monoisotopic (exact) mass is 464 g/mol. The van der Waals surface area contributed by atoms with Gasteiger partial charge in [0.25, 0.3) is 0 Å². The first-order chi connectivity index (χ1) is 13.1. The van der Waals surface area contributed by atoms with E-state index >= 15 is 0 Å². The van der Waals surface area contributed by atoms with Gasteiger partial charge in [0.1, 0.15) is 31.6 Å². The summed E-state index contributed by atoms with van der Waals surface area (Å²) in [7, 11) is -8.62. The van der Waals surface area contributed by atoms with Gasteiger partial charge in [-0.25, -0.2) is 16.8 Å². The van der Waals surface area contributed by atoms with E-state index in [0.29, 0.717) is 21.9 Å². The molecule has 13 heteroatoms. The Labute approximate surface area is 195 Å². The maximum atomic E-state index is 10.5. The Kier molecular flexibility index (Phi) is 7.79. The Morgan fingerprint density at radius 2 is 1.03 bits per heavy atom. The second-order valence-corrected chi connectivity index (χ2v) is 8.46. The molecule has 0 aliphatic rings. The van der Waals surface area contributed by atoms with Crippen molar-refractivity contribution in [2.45, 2.75) is 11.5 Å². The molecule has 2 heterocycles. The molecule has 4 aromatic rings. The van der Waals surface area contributed by atoms with Crippen LogP contribution in [0.1, 0.15) is 11.4 Å². The van der Waals surface area contributed by atoms with E-state index in [0.717, 1.165) is 0 Å². The third-order valence-corrected chi connectivity index (χ3v) is 4.79. The van der Waals surface area contributed by atoms with E-state index < -0.39 is 31.7 Å². The number of fused-ring (bicyclic) bond motifs is 2. The smallest absolute Gasteiger partial charge is 0.748 e. The molecular weight excluding hydrogens is 452 g/mol. The zero-order chi connectivity index (χ0) is 20.4. The maximum absolute atomic E-state index is 10.5. The molecule has 148 valence electrons. The topological polar surface area (TPSA) is 166 Å². The second kappa shape index (κ2) is 9.51. The Morgan fingerprint density at radius 3 is 1.38 bits per heavy atom. The van der Waals surface area contributed by atoms with Crippen molar-refractivity contribution in [2.24, 2.45) is 0 Å². The zero-order valence-corrected chi connectivity index (χ0v) is 18.6. The van der Waals surface area contributed by atoms with Crippen molar-refractivity contribution in [3.05, 3.63) is 59.9 Å². The SMILES string of the molecule is O=S(=O)([O-])Cc1noc2ccccc12.O=S(=O)([O-])Cc1noc2ccccc12.[Ca+2]. The van der Waals surface area contributed by atoms with Gasteiger partial charge in [-0.05, 0) is 24.3 Å². The van der Waals surface area contributed by atoms with Crippen LogP contribution >= 0.6 is 0 Å². The summed E-state index contributed by atoms with van der Waals surface area (Å²) in [6, 6.07) is 13.6. The van der Waals surface area contributed by atoms with Crippen LogP contribution in [-0.2, 0) is 31.7 Å². The van der Waals surface area contributed by atoms with Crippen LogP contribution < -0.4 is 0 Å². The normalized spacial score (nSPS) is 11.7. The molecule has 2 aromatic carbocycles. The van der Waals surface area contributed by atoms with Crippen molar-refractivity contribution in [3.8, 4) is 0 Å². The van der Waals surface area contributed by atoms with Crippen LogP contribution in [0.3, 0.4) is 0 Å². The van der Waals surface area contributed by atoms with Crippen molar-refractivity contribution in [1.82, 2.24) is 10.3 Å². The minimum Gasteiger partial charge on any atom is -0.748 e. The summed E-state index contributed by atoms with van der Waals surface area (Å²) in [5.74, 6) is -1.27. The Bertz CT molecular complexity index is 1230. The minimum atomic E-state index is -4.31. The average Bonchev–Trinajstić information content (AvgIpc) is 3.18. The van der Waals surface area contributed by atoms with Gasteiger partial charge in [-0.2, -0.15) is 0 Å². The molecule has 0 N–H and O–H groups in total. The van der Waals surface area contributed by atoms with Gasteiger partial charge in [0, 0.05) is 10.8 Å². The van der Waals surface area contributed by atoms with Gasteiger partial charge in [-0.3, -0.25) is 0 Å². The molecule has 2 aromatic heterocycles. The first kappa shape index (κ1) is 23.7. The van der Waals surface area contributed by atoms with Crippen molar-refractivity contribution >= 4 is 79.9 Å². The Hall–Kier alpha value is -1.54. The zero-order valence-electron chi connectivity index (χ0n) is 14.7. The molecule has 0 spiro atoms. The van der Waals surface area contributed by atoms with E-state index in [4.69, 9.17) is 9.05 Å². The molecule has 0 unspecified atom stereocenters. The molecule has 10 nitrogen and oxygen atoms in total. The molecule has 0 aliphatic heterocycles. The fraction of sp³-hybridized carbons (Fsp3) is 0.125. The molecule has 4 rings (SSSR count). The van der Waals surface area contributed by atoms with Crippen LogP contribution in [0.15, 0.2) is 57.6 Å². The van der Waals surface area contributed by atoms with Gasteiger partial charge < -0.3 is 18.2 Å². The van der Waals surface area contributed by atoms with Gasteiger partial charge in [0.15, 0.2) is 11.2 Å². The summed E-state index contributed by atoms with van der Waals surface area (Å²) >= 11 is 0. The van der Waals surface area contributed by atoms with Gasteiger partial charge >= 0.3 is 37.7 Å². The number of nitrogens with zero attached hydrogens (tertiary/aromatic N) is 2. The van der Waals surface area contributed by atoms with Gasteiger partial charge in [0.05, 0.1) is 11.5 Å². The molecule has 0 fully saturated rings. The van der Waals surface area contributed by atoms with E-state index in [1.54, 1.807) is 48.5 Å². The van der Waals surface area contributed by atoms with Gasteiger partial charge in [-0.15, -0.1) is 0 Å². The van der Waals surface area contributed by atoms with Crippen LogP contribution in [0.4, 0.5) is 0 Å². The second-order valence-electron chi connectivity index (χ2n) is 5.65. The average molecular weight is 464 g/mol. The van der Waals surface area contributed by atoms with E-state index in [1.807, 2.05) is 0 Å². The Morgan fingerprint density at radius 1 is 0.690 bits per heavy atom. The summed E-state index contributed by atoms with van der Waals surface area (Å²) in [5, 5.41) is 8.18. The van der Waals surface area contributed by atoms with Crippen LogP contribution in [0, 0.1) is 0 Å². The third kappa shape index (κ3) is 6.74. The molecular formula is C16H12CaN2O8S2. The van der Waals surface area contributed by atoms with Crippen LogP contribution in [0.25, 0.3) is 21.9 Å². The maximum Gasteiger partial charge on any atom is 2.00 e. The quantitative estimate of drug-likeness (QED) is 0.318. The van der Waals surface area contributed by atoms with Crippen LogP contribution in [0.5, 0.6) is 0 Å². The predicted octanol–water partition coefficient (Wildman–Crippen LogP) is 1.37. The standard InChI is InChI=1S/2C8H7NO4S.Ca/c2*10-14(11,12)5-7-6-3-1-2-4-8(6)13-9-7;/h2*1-4H,5H2,(H,10,11,12);/q;;+2/p-2. The van der Waals surface area contributed by atoms with Gasteiger partial charge in [-0.1, -0.05) is 34.6 Å². The molecule has 0 radical (unpaired) electrons. The molecule has 0 aliphatic carbocycles. The fourth-order valence-electron chi connectivity index (χ4n) is 2.42. The van der Waals surface area contributed by atoms with Crippen LogP contribution in [-0.4, -0.2) is 74.0 Å². The van der Waals surface area contributed by atoms with Crippen molar-refractivity contribution < 1.29 is 35.0 Å². The number of para-hydroxylation sites is 2. The number of rotatable bonds is 4. The summed E-state index contributed by atoms with van der Waals surface area (Å²) in [4.78, 5) is 0. The van der Waals surface area contributed by atoms with E-state index in [1.165, 1.54) is 0 Å². The first-order valence-corrected chi connectivity index (χ1v) is 10.8. The molecule has 0 saturated carbocycles. The predicted molar refractivity (Wildman–Crippen MR) is 101 cm³/mol. The van der Waals surface area contributed by atoms with Crippen molar-refractivity contribution in [2.75, 3.05) is 0 Å². The summed E-state index contributed by atoms with van der Waals surface area (Å²) in [6.07, 6.45) is 0. The van der Waals surface area contributed by atoms with Crippen molar-refractivity contribution in [3.63, 3.8) is 0 Å². The number of hydrogen-bond donors (Lipinski definition) is 0. The first-order valence-electron chi connectivity index (χ1n) is 7.66. The molecule has 0 saturated heterocycles. The molecule has 0 amide bonds. The summed E-state index contributed by atoms with van der Waals surface area (Å²) in [6.45, 7) is 0. The fourth-order valence-corrected chi connectivity index (χ4v) is 3.51. The largest absolute Gasteiger partial charge is 2.00 e. The van der Waals surface area contributed by atoms with E-state index in [-0.39, 0.29) is 49.1 Å². The van der Waals surface area contributed by atoms with Gasteiger partial charge in [0.2, 0.25) is 0 Å². The molecule has 29 heavy (non-hydrogen) atoms. The third-order valence-electron chi connectivity index (χ3n) is 3.53. The number of aromatic nitrogens is 2. The molecule has 0 atom stereocenters. The number of hydrogen-bond acceptors (Lipinski definition) is 10. The molecule has 0 bridgehead atoms. The number of benzene rings is 2. The van der Waals surface area contributed by atoms with Crippen molar-refractivity contribution in [1.29, 1.82) is 0 Å². The van der Waals surface area contributed by atoms with E-state index in [2.05, 4.69) is 10.3 Å². The van der Waals surface area contributed by atoms with Crippen LogP contribution in [0.2, 0.25) is 0 Å². The summed E-state index contributed by atoms with van der Waals surface area (Å²) in [5.41, 5.74) is 1.28. The Balaban J connectivity index is 0.000000200. The summed E-state index contributed by atoms with van der Waals surface area (Å²) < 4.78 is 72.7.